The maximum Gasteiger partial charge on any atom is 0.159 e. The van der Waals surface area contributed by atoms with E-state index in [0.717, 1.165) is 36.4 Å². The van der Waals surface area contributed by atoms with Crippen molar-refractivity contribution in [3.05, 3.63) is 30.1 Å². The van der Waals surface area contributed by atoms with Gasteiger partial charge in [0.2, 0.25) is 0 Å². The van der Waals surface area contributed by atoms with Crippen molar-refractivity contribution in [3.63, 3.8) is 0 Å². The SMILES string of the molecule is CCCCNc1ncnc(Nc2cc(C)ccc2OC)c1N. The van der Waals surface area contributed by atoms with E-state index in [9.17, 15) is 0 Å². The number of nitrogens with zero attached hydrogens (tertiary/aromatic N) is 2. The Bertz CT molecular complexity index is 630. The average Bonchev–Trinajstić information content (AvgIpc) is 2.51. The fourth-order valence-corrected chi connectivity index (χ4v) is 2.07. The summed E-state index contributed by atoms with van der Waals surface area (Å²) in [7, 11) is 1.64. The van der Waals surface area contributed by atoms with Crippen LogP contribution < -0.4 is 21.1 Å². The van der Waals surface area contributed by atoms with Crippen molar-refractivity contribution in [3.8, 4) is 5.75 Å². The zero-order chi connectivity index (χ0) is 15.9. The normalized spacial score (nSPS) is 10.3. The molecule has 0 saturated carbocycles. The van der Waals surface area contributed by atoms with Crippen LogP contribution in [0.5, 0.6) is 5.75 Å². The second-order valence-electron chi connectivity index (χ2n) is 5.09. The Labute approximate surface area is 131 Å². The molecule has 0 radical (unpaired) electrons. The van der Waals surface area contributed by atoms with Crippen molar-refractivity contribution >= 4 is 23.0 Å². The summed E-state index contributed by atoms with van der Waals surface area (Å²) in [5.41, 5.74) is 8.60. The Balaban J connectivity index is 2.23. The summed E-state index contributed by atoms with van der Waals surface area (Å²) in [6.45, 7) is 5.00. The molecule has 0 atom stereocenters. The minimum atomic E-state index is 0.502. The van der Waals surface area contributed by atoms with E-state index in [0.29, 0.717) is 17.3 Å². The molecule has 0 bridgehead atoms. The van der Waals surface area contributed by atoms with Gasteiger partial charge in [0.25, 0.3) is 0 Å². The molecule has 0 spiro atoms. The van der Waals surface area contributed by atoms with Gasteiger partial charge in [-0.1, -0.05) is 19.4 Å². The second-order valence-corrected chi connectivity index (χ2v) is 5.09. The van der Waals surface area contributed by atoms with Gasteiger partial charge in [-0.2, -0.15) is 0 Å². The van der Waals surface area contributed by atoms with Gasteiger partial charge in [-0.05, 0) is 31.0 Å². The van der Waals surface area contributed by atoms with Gasteiger partial charge in [0.05, 0.1) is 12.8 Å². The van der Waals surface area contributed by atoms with Gasteiger partial charge in [0, 0.05) is 6.54 Å². The fraction of sp³-hybridized carbons (Fsp3) is 0.375. The highest BCUT2D eigenvalue weighted by Gasteiger charge is 2.10. The lowest BCUT2D eigenvalue weighted by molar-refractivity contribution is 0.416. The van der Waals surface area contributed by atoms with E-state index in [2.05, 4.69) is 27.5 Å². The van der Waals surface area contributed by atoms with Crippen molar-refractivity contribution in [2.24, 2.45) is 0 Å². The Morgan fingerprint density at radius 2 is 2.00 bits per heavy atom. The Morgan fingerprint density at radius 1 is 1.23 bits per heavy atom. The number of nitrogen functional groups attached to an aromatic ring is 1. The zero-order valence-corrected chi connectivity index (χ0v) is 13.3. The third-order valence-corrected chi connectivity index (χ3v) is 3.31. The number of hydrogen-bond donors (Lipinski definition) is 3. The monoisotopic (exact) mass is 301 g/mol. The van der Waals surface area contributed by atoms with Crippen LogP contribution in [0.15, 0.2) is 24.5 Å². The fourth-order valence-electron chi connectivity index (χ4n) is 2.07. The summed E-state index contributed by atoms with van der Waals surface area (Å²) in [4.78, 5) is 8.42. The van der Waals surface area contributed by atoms with Crippen LogP contribution in [0.3, 0.4) is 0 Å². The van der Waals surface area contributed by atoms with E-state index >= 15 is 0 Å². The van der Waals surface area contributed by atoms with Gasteiger partial charge in [-0.25, -0.2) is 9.97 Å². The minimum absolute atomic E-state index is 0.502. The number of ether oxygens (including phenoxy) is 1. The minimum Gasteiger partial charge on any atom is -0.495 e. The molecule has 22 heavy (non-hydrogen) atoms. The molecule has 6 nitrogen and oxygen atoms in total. The van der Waals surface area contributed by atoms with Crippen LogP contribution in [-0.4, -0.2) is 23.6 Å². The Hall–Kier alpha value is -2.50. The molecule has 6 heteroatoms. The molecule has 1 heterocycles. The predicted octanol–water partition coefficient (Wildman–Crippen LogP) is 3.33. The number of benzene rings is 1. The van der Waals surface area contributed by atoms with Gasteiger partial charge < -0.3 is 21.1 Å². The maximum absolute atomic E-state index is 6.15. The number of aromatic nitrogens is 2. The van der Waals surface area contributed by atoms with Crippen molar-refractivity contribution in [2.45, 2.75) is 26.7 Å². The lowest BCUT2D eigenvalue weighted by Crippen LogP contribution is -2.09. The molecule has 2 aromatic rings. The molecule has 0 aliphatic heterocycles. The first-order valence-electron chi connectivity index (χ1n) is 7.41. The van der Waals surface area contributed by atoms with Crippen LogP contribution in [0.4, 0.5) is 23.0 Å². The summed E-state index contributed by atoms with van der Waals surface area (Å²) < 4.78 is 5.36. The molecular weight excluding hydrogens is 278 g/mol. The summed E-state index contributed by atoms with van der Waals surface area (Å²) in [6, 6.07) is 5.89. The van der Waals surface area contributed by atoms with E-state index in [1.54, 1.807) is 7.11 Å². The molecule has 0 unspecified atom stereocenters. The first-order chi connectivity index (χ1) is 10.7. The summed E-state index contributed by atoms with van der Waals surface area (Å²) in [5.74, 6) is 1.96. The molecule has 0 aliphatic carbocycles. The number of nitrogens with one attached hydrogen (secondary N) is 2. The molecule has 0 saturated heterocycles. The third kappa shape index (κ3) is 3.78. The number of methoxy groups -OCH3 is 1. The van der Waals surface area contributed by atoms with Crippen LogP contribution >= 0.6 is 0 Å². The van der Waals surface area contributed by atoms with Gasteiger partial charge in [0.15, 0.2) is 11.6 Å². The highest BCUT2D eigenvalue weighted by molar-refractivity contribution is 5.79. The second kappa shape index (κ2) is 7.49. The molecule has 0 amide bonds. The summed E-state index contributed by atoms with van der Waals surface area (Å²) in [6.07, 6.45) is 3.68. The first kappa shape index (κ1) is 15.9. The average molecular weight is 301 g/mol. The van der Waals surface area contributed by atoms with Crippen LogP contribution in [0.25, 0.3) is 0 Å². The van der Waals surface area contributed by atoms with E-state index in [1.807, 2.05) is 25.1 Å². The number of nitrogens with two attached hydrogens (primary N) is 1. The quantitative estimate of drug-likeness (QED) is 0.680. The van der Waals surface area contributed by atoms with Crippen LogP contribution in [0.1, 0.15) is 25.3 Å². The van der Waals surface area contributed by atoms with Crippen molar-refractivity contribution < 1.29 is 4.74 Å². The number of anilines is 4. The van der Waals surface area contributed by atoms with Crippen molar-refractivity contribution in [1.29, 1.82) is 0 Å². The Morgan fingerprint density at radius 3 is 2.73 bits per heavy atom. The molecule has 1 aromatic heterocycles. The Kier molecular flexibility index (Phi) is 5.41. The zero-order valence-electron chi connectivity index (χ0n) is 13.3. The summed E-state index contributed by atoms with van der Waals surface area (Å²) in [5, 5.41) is 6.45. The van der Waals surface area contributed by atoms with E-state index in [-0.39, 0.29) is 0 Å². The van der Waals surface area contributed by atoms with E-state index in [4.69, 9.17) is 10.5 Å². The largest absolute Gasteiger partial charge is 0.495 e. The lowest BCUT2D eigenvalue weighted by Gasteiger charge is -2.14. The van der Waals surface area contributed by atoms with Crippen LogP contribution in [0, 0.1) is 6.92 Å². The van der Waals surface area contributed by atoms with Crippen LogP contribution in [0.2, 0.25) is 0 Å². The number of rotatable bonds is 7. The molecule has 0 fully saturated rings. The van der Waals surface area contributed by atoms with Gasteiger partial charge in [-0.15, -0.1) is 0 Å². The molecule has 4 N–H and O–H groups in total. The molecule has 1 aromatic carbocycles. The van der Waals surface area contributed by atoms with Gasteiger partial charge in [-0.3, -0.25) is 0 Å². The van der Waals surface area contributed by atoms with Gasteiger partial charge >= 0.3 is 0 Å². The van der Waals surface area contributed by atoms with Crippen LogP contribution in [-0.2, 0) is 0 Å². The number of unbranched alkanes of at least 4 members (excludes halogenated alkanes) is 1. The van der Waals surface area contributed by atoms with E-state index < -0.39 is 0 Å². The van der Waals surface area contributed by atoms with Crippen molar-refractivity contribution in [1.82, 2.24) is 9.97 Å². The molecule has 118 valence electrons. The summed E-state index contributed by atoms with van der Waals surface area (Å²) >= 11 is 0. The molecule has 0 aliphatic rings. The maximum atomic E-state index is 6.15. The molecule has 2 rings (SSSR count). The number of aryl methyl sites for hydroxylation is 1. The first-order valence-corrected chi connectivity index (χ1v) is 7.41. The number of hydrogen-bond acceptors (Lipinski definition) is 6. The lowest BCUT2D eigenvalue weighted by atomic mass is 10.2. The standard InChI is InChI=1S/C16H23N5O/c1-4-5-8-18-15-14(17)16(20-10-19-15)21-12-9-11(2)6-7-13(12)22-3/h6-7,9-10H,4-5,8,17H2,1-3H3,(H2,18,19,20,21). The topological polar surface area (TPSA) is 85.1 Å². The third-order valence-electron chi connectivity index (χ3n) is 3.31. The van der Waals surface area contributed by atoms with Gasteiger partial charge in [0.1, 0.15) is 17.8 Å². The van der Waals surface area contributed by atoms with E-state index in [1.165, 1.54) is 6.33 Å². The predicted molar refractivity (Wildman–Crippen MR) is 90.9 cm³/mol. The smallest absolute Gasteiger partial charge is 0.159 e. The van der Waals surface area contributed by atoms with Crippen molar-refractivity contribution in [2.75, 3.05) is 30.0 Å². The molecular formula is C16H23N5O. The highest BCUT2D eigenvalue weighted by Crippen LogP contribution is 2.31. The highest BCUT2D eigenvalue weighted by atomic mass is 16.5.